The first-order chi connectivity index (χ1) is 60.1. The highest BCUT2D eigenvalue weighted by molar-refractivity contribution is 9.11. The highest BCUT2D eigenvalue weighted by atomic mass is 79.9. The van der Waals surface area contributed by atoms with E-state index in [4.69, 9.17) is 19.3 Å². The van der Waals surface area contributed by atoms with E-state index in [1.807, 2.05) is 138 Å². The zero-order valence-corrected chi connectivity index (χ0v) is 81.2. The summed E-state index contributed by atoms with van der Waals surface area (Å²) in [7, 11) is 3.17. The zero-order valence-electron chi connectivity index (χ0n) is 70.7. The van der Waals surface area contributed by atoms with Crippen LogP contribution in [0.15, 0.2) is 176 Å². The van der Waals surface area contributed by atoms with Gasteiger partial charge in [0, 0.05) is 123 Å². The number of aromatic amines is 1. The minimum absolute atomic E-state index is 0. The lowest BCUT2D eigenvalue weighted by molar-refractivity contribution is -0.156. The number of H-pyrrole nitrogens is 1. The van der Waals surface area contributed by atoms with Gasteiger partial charge in [0.25, 0.3) is 0 Å². The van der Waals surface area contributed by atoms with Crippen LogP contribution in [-0.2, 0) is 59.8 Å². The van der Waals surface area contributed by atoms with Gasteiger partial charge in [-0.2, -0.15) is 50.4 Å². The molecule has 42 nitrogen and oxygen atoms in total. The summed E-state index contributed by atoms with van der Waals surface area (Å²) >= 11 is 20.2. The van der Waals surface area contributed by atoms with Crippen molar-refractivity contribution >= 4 is 214 Å². The summed E-state index contributed by atoms with van der Waals surface area (Å²) in [6, 6.07) is 20.1. The molecule has 0 aliphatic carbocycles. The van der Waals surface area contributed by atoms with Crippen molar-refractivity contribution < 1.29 is 38.5 Å². The number of anilines is 10. The molecule has 17 heterocycles. The van der Waals surface area contributed by atoms with Crippen molar-refractivity contribution in [1.82, 2.24) is 142 Å². The number of fused-ring (bicyclic) bond motifs is 5. The first-order valence-corrected chi connectivity index (χ1v) is 48.0. The largest absolute Gasteiger partial charge is 0.480 e. The molecule has 0 atom stereocenters. The van der Waals surface area contributed by atoms with Gasteiger partial charge in [0.15, 0.2) is 28.2 Å². The fourth-order valence-corrected chi connectivity index (χ4v) is 14.2. The number of piperazine rings is 2. The number of carboxylic acids is 1. The number of aliphatic carboxylic acids is 1. The molecule has 2 aliphatic heterocycles. The number of ether oxygens (including phenoxy) is 3. The number of rotatable bonds is 22. The van der Waals surface area contributed by atoms with Crippen LogP contribution in [0.25, 0.3) is 28.2 Å². The molecule has 0 radical (unpaired) electrons. The first kappa shape index (κ1) is 98.1. The molecule has 0 saturated carbocycles. The number of carboxylic acid groups (broad SMARTS) is 1. The molecular weight excluding hydrogens is 2050 g/mol. The van der Waals surface area contributed by atoms with Crippen LogP contribution >= 0.6 is 95.6 Å². The number of alkyl halides is 1. The third-order valence-corrected chi connectivity index (χ3v) is 22.4. The number of halogens is 6. The second kappa shape index (κ2) is 46.1. The number of nitrogens with one attached hydrogen (secondary N) is 7. The SMILES string of the molecule is Brc1cccn2nc(Nc3cn[nH]c3)nc12.C.CC(C)(C)OC(=O)CBr.CC(C)(C)OC(=O)Cn1cc(Nc2nc3c(Br)cccn3n2)cn1.CN1CCN(C(=O)Cn2cc(Nc3nc4c(Br)cccn4n3)cn2)CC1.CN1CCNCC1.C[Si](C)(C)CCOCn1cc(Nc2nc3c(Br)cccn3n2)cn1.O=C(O)Cn1cc(Nc2nc3c(Br)cccn3n2)cn1. The summed E-state index contributed by atoms with van der Waals surface area (Å²) < 4.78 is 34.8. The van der Waals surface area contributed by atoms with Crippen molar-refractivity contribution in [3.8, 4) is 0 Å². The Bertz CT molecular complexity index is 6050. The summed E-state index contributed by atoms with van der Waals surface area (Å²) in [6.45, 7) is 27.4. The molecule has 0 aromatic carbocycles. The number of carbonyl (C=O) groups excluding carboxylic acids is 3. The molecule has 2 fully saturated rings. The van der Waals surface area contributed by atoms with Gasteiger partial charge in [-0.1, -0.05) is 43.0 Å². The molecule has 1 amide bonds. The Balaban J connectivity index is 0.000000159. The number of pyridine rings is 5. The van der Waals surface area contributed by atoms with Gasteiger partial charge >= 0.3 is 17.9 Å². The Hall–Kier alpha value is -11.0. The number of nitrogens with zero attached hydrogens (tertiary/aromatic N) is 27. The first-order valence-electron chi connectivity index (χ1n) is 39.2. The van der Waals surface area contributed by atoms with E-state index in [2.05, 4.69) is 252 Å². The Morgan fingerprint density at radius 2 is 0.803 bits per heavy atom. The Labute approximate surface area is 781 Å². The topological polar surface area (TPSA) is 449 Å². The molecule has 0 bridgehead atoms. The number of hydrogen-bond donors (Lipinski definition) is 8. The Morgan fingerprint density at radius 1 is 0.465 bits per heavy atom. The molecule has 2 aliphatic rings. The van der Waals surface area contributed by atoms with Gasteiger partial charge in [0.1, 0.15) is 42.9 Å². The van der Waals surface area contributed by atoms with E-state index in [-0.39, 0.29) is 55.8 Å². The standard InChI is InChI=1S/C16H19BrN8O.C15H17BrN6O2.C15H21BrN6OSi.C11H9BrN6O2.C9H7BrN6.C6H11BrO2.C5H12N2.CH4/c1-22-5-7-23(8-6-22)14(26)11-24-10-12(9-18-24)19-16-20-15-13(17)3-2-4-25(15)21-16;1-15(2,3)24-12(23)9-21-8-10(7-17-21)18-14-19-13-11(16)5-4-6-22(13)20-14;1-24(2,3)8-7-23-11-21-10-12(9-17-21)18-15-19-14-13(16)5-4-6-22(14)20-15;12-8-2-1-3-18-10(8)15-11(16-18)14-7-4-13-17(5-7)6-9(19)20;10-7-2-1-3-16-8(7)14-9(15-16)13-6-4-11-12-5-6;1-6(2,3)9-5(8)4-7;1-7-4-2-6-3-5-7;/h2-4,9-10H,5-8,11H2,1H3,(H,19,21);4-8H,9H2,1-3H3,(H,18,20);4-6,9-10H,7-8,11H2,1-3H3,(H,18,20);1-5H,6H2,(H,14,16)(H,19,20);1-5H,(H,11,12)(H,13,15);4H2,1-3H3;6H,2-5H2,1H3;1H4. The van der Waals surface area contributed by atoms with Crippen LogP contribution in [0.2, 0.25) is 25.7 Å². The summed E-state index contributed by atoms with van der Waals surface area (Å²) in [6.07, 6.45) is 26.0. The van der Waals surface area contributed by atoms with E-state index in [1.165, 1.54) is 28.6 Å². The molecule has 127 heavy (non-hydrogen) atoms. The number of amides is 1. The lowest BCUT2D eigenvalue weighted by atomic mass is 10.2. The lowest BCUT2D eigenvalue weighted by Crippen LogP contribution is -2.48. The molecule has 15 aromatic heterocycles. The molecule has 17 rings (SSSR count). The maximum absolute atomic E-state index is 12.4. The van der Waals surface area contributed by atoms with Crippen LogP contribution in [0, 0.1) is 0 Å². The average Bonchev–Trinajstić information content (AvgIpc) is 1.69. The van der Waals surface area contributed by atoms with Gasteiger partial charge in [-0.3, -0.25) is 38.3 Å². The quantitative estimate of drug-likeness (QED) is 0.0135. The third kappa shape index (κ3) is 31.5. The van der Waals surface area contributed by atoms with E-state index in [0.717, 1.165) is 108 Å². The van der Waals surface area contributed by atoms with Crippen LogP contribution < -0.4 is 31.9 Å². The maximum Gasteiger partial charge on any atom is 0.328 e. The number of likely N-dealkylation sites (N-methyl/N-ethyl adjacent to an activating group) is 2. The number of aromatic nitrogens is 25. The van der Waals surface area contributed by atoms with Crippen molar-refractivity contribution in [1.29, 1.82) is 0 Å². The molecule has 0 unspecified atom stereocenters. The van der Waals surface area contributed by atoms with E-state index < -0.39 is 19.6 Å². The number of esters is 2. The van der Waals surface area contributed by atoms with E-state index >= 15 is 0 Å². The van der Waals surface area contributed by atoms with Crippen molar-refractivity contribution in [2.24, 2.45) is 0 Å². The summed E-state index contributed by atoms with van der Waals surface area (Å²) in [4.78, 5) is 73.7. The van der Waals surface area contributed by atoms with Crippen molar-refractivity contribution in [3.05, 3.63) is 176 Å². The van der Waals surface area contributed by atoms with Crippen LogP contribution in [0.5, 0.6) is 0 Å². The predicted octanol–water partition coefficient (Wildman–Crippen LogP) is 13.1. The predicted molar refractivity (Wildman–Crippen MR) is 506 cm³/mol. The molecule has 0 spiro atoms. The van der Waals surface area contributed by atoms with Crippen LogP contribution in [-0.4, -0.2) is 264 Å². The molecule has 2 saturated heterocycles. The minimum Gasteiger partial charge on any atom is -0.480 e. The minimum atomic E-state index is -1.05. The molecule has 49 heteroatoms. The van der Waals surface area contributed by atoms with Crippen LogP contribution in [0.3, 0.4) is 0 Å². The van der Waals surface area contributed by atoms with E-state index in [1.54, 1.807) is 87.7 Å². The van der Waals surface area contributed by atoms with E-state index in [0.29, 0.717) is 59.1 Å². The normalized spacial score (nSPS) is 12.9. The fourth-order valence-electron chi connectivity index (χ4n) is 11.3. The monoisotopic (exact) mass is 2140 g/mol. The van der Waals surface area contributed by atoms with E-state index in [9.17, 15) is 19.2 Å². The average molecular weight is 2150 g/mol. The van der Waals surface area contributed by atoms with Gasteiger partial charge in [-0.25, -0.2) is 27.3 Å². The highest BCUT2D eigenvalue weighted by Gasteiger charge is 2.23. The van der Waals surface area contributed by atoms with Gasteiger partial charge in [-0.15, -0.1) is 25.5 Å². The second-order valence-corrected chi connectivity index (χ2v) is 41.7. The van der Waals surface area contributed by atoms with Crippen molar-refractivity contribution in [2.75, 3.05) is 105 Å². The summed E-state index contributed by atoms with van der Waals surface area (Å²) in [5, 5.41) is 72.3. The maximum atomic E-state index is 12.4. The molecular formula is C78H100Br6N34O8Si. The lowest BCUT2D eigenvalue weighted by Gasteiger charge is -2.32. The molecule has 676 valence electrons. The summed E-state index contributed by atoms with van der Waals surface area (Å²) in [5.41, 5.74) is 6.50. The number of hydrogen-bond acceptors (Lipinski definition) is 30. The van der Waals surface area contributed by atoms with Gasteiger partial charge in [-0.05, 0) is 202 Å². The van der Waals surface area contributed by atoms with Gasteiger partial charge in [0.2, 0.25) is 35.6 Å². The molecule has 8 N–H and O–H groups in total. The zero-order chi connectivity index (χ0) is 90.2. The number of carbonyl (C=O) groups is 4. The highest BCUT2D eigenvalue weighted by Crippen LogP contribution is 2.26. The van der Waals surface area contributed by atoms with Crippen LogP contribution in [0.1, 0.15) is 49.0 Å². The molecule has 15 aromatic rings. The summed E-state index contributed by atoms with van der Waals surface area (Å²) in [5.74, 6) is 0.966. The fraction of sp³-hybridized carbons (Fsp3) is 0.372. The van der Waals surface area contributed by atoms with Crippen molar-refractivity contribution in [3.63, 3.8) is 0 Å². The smallest absolute Gasteiger partial charge is 0.328 e. The van der Waals surface area contributed by atoms with Crippen LogP contribution in [0.4, 0.5) is 58.2 Å². The van der Waals surface area contributed by atoms with Gasteiger partial charge in [0.05, 0.1) is 88.0 Å². The Morgan fingerprint density at radius 3 is 1.12 bits per heavy atom. The third-order valence-electron chi connectivity index (χ3n) is 17.1. The van der Waals surface area contributed by atoms with Gasteiger partial charge < -0.3 is 65.9 Å². The van der Waals surface area contributed by atoms with Crippen molar-refractivity contribution in [2.45, 2.75) is 112 Å². The Kier molecular flexibility index (Phi) is 35.6. The second-order valence-electron chi connectivity index (χ2n) is 31.2.